The summed E-state index contributed by atoms with van der Waals surface area (Å²) in [6.07, 6.45) is 17.8. The minimum atomic E-state index is -1.30. The lowest BCUT2D eigenvalue weighted by molar-refractivity contribution is -0.418. The third kappa shape index (κ3) is 6.23. The Kier molecular flexibility index (Phi) is 8.04. The maximum absolute atomic E-state index is 2.58. The number of fused-ring (bicyclic) bond motifs is 2. The molecule has 2 heterocycles. The Bertz CT molecular complexity index is 1370. The van der Waals surface area contributed by atoms with E-state index >= 15 is 0 Å². The summed E-state index contributed by atoms with van der Waals surface area (Å²) >= 11 is 0. The Morgan fingerprint density at radius 1 is 0.692 bits per heavy atom. The summed E-state index contributed by atoms with van der Waals surface area (Å²) < 4.78 is 2.58. The van der Waals surface area contributed by atoms with Crippen molar-refractivity contribution >= 4 is 33.2 Å². The highest BCUT2D eigenvalue weighted by Crippen LogP contribution is 2.48. The van der Waals surface area contributed by atoms with Gasteiger partial charge in [-0.25, -0.2) is 0 Å². The van der Waals surface area contributed by atoms with Gasteiger partial charge >= 0.3 is 0 Å². The fraction of sp³-hybridized carbons (Fsp3) is 0.400. The van der Waals surface area contributed by atoms with E-state index in [0.717, 1.165) is 12.3 Å². The zero-order valence-electron chi connectivity index (χ0n) is 26.0. The van der Waals surface area contributed by atoms with Crippen molar-refractivity contribution < 1.29 is 4.58 Å². The second kappa shape index (κ2) is 10.7. The average molecular weight is 554 g/mol. The van der Waals surface area contributed by atoms with Crippen molar-refractivity contribution in [2.75, 3.05) is 17.2 Å². The Hall–Kier alpha value is -2.70. The number of hydrogen-bond donors (Lipinski definition) is 0. The highest BCUT2D eigenvalue weighted by atomic mass is 28.3. The first-order valence-electron chi connectivity index (χ1n) is 14.5. The van der Waals surface area contributed by atoms with E-state index in [9.17, 15) is 0 Å². The fourth-order valence-electron chi connectivity index (χ4n) is 6.06. The predicted octanol–water partition coefficient (Wildman–Crippen LogP) is 9.17. The lowest BCUT2D eigenvalue weighted by atomic mass is 9.81. The molecule has 0 radical (unpaired) electrons. The Morgan fingerprint density at radius 3 is 1.95 bits per heavy atom. The summed E-state index contributed by atoms with van der Waals surface area (Å²) in [5.74, 6) is 0. The minimum Gasteiger partial charge on any atom is -0.347 e. The molecule has 0 saturated carbocycles. The molecular weight excluding hydrogens is 505 g/mol. The lowest BCUT2D eigenvalue weighted by Crippen LogP contribution is -2.40. The third-order valence-electron chi connectivity index (χ3n) is 7.82. The number of rotatable bonds is 8. The molecule has 0 saturated heterocycles. The van der Waals surface area contributed by atoms with Crippen molar-refractivity contribution in [3.05, 3.63) is 108 Å². The summed E-state index contributed by atoms with van der Waals surface area (Å²) in [6.45, 7) is 24.2. The SMILES string of the molecule is CC1(C)C(/C=C/C=C/C=C/C=C2\N(C[Si](C)(C)C)c3ccccc3C2(C)C)=[N+](C[Si](C)(C)C)c2ccccc21. The number of anilines is 1. The van der Waals surface area contributed by atoms with Gasteiger partial charge in [-0.1, -0.05) is 120 Å². The van der Waals surface area contributed by atoms with Crippen LogP contribution < -0.4 is 4.90 Å². The molecule has 2 nitrogen and oxygen atoms in total. The second-order valence-electron chi connectivity index (χ2n) is 14.6. The molecular formula is C35H49N2Si2+. The molecule has 0 N–H and O–H groups in total. The van der Waals surface area contributed by atoms with Crippen LogP contribution in [-0.2, 0) is 10.8 Å². The van der Waals surface area contributed by atoms with E-state index in [4.69, 9.17) is 0 Å². The molecule has 0 unspecified atom stereocenters. The summed E-state index contributed by atoms with van der Waals surface area (Å²) in [4.78, 5) is 2.58. The molecule has 0 fully saturated rings. The average Bonchev–Trinajstić information content (AvgIpc) is 3.16. The first kappa shape index (κ1) is 29.3. The molecule has 2 aromatic carbocycles. The van der Waals surface area contributed by atoms with Gasteiger partial charge in [0, 0.05) is 40.7 Å². The van der Waals surface area contributed by atoms with Crippen molar-refractivity contribution in [1.82, 2.24) is 0 Å². The van der Waals surface area contributed by atoms with Gasteiger partial charge in [-0.15, -0.1) is 0 Å². The van der Waals surface area contributed by atoms with Crippen LogP contribution in [0.3, 0.4) is 0 Å². The van der Waals surface area contributed by atoms with E-state index in [1.165, 1.54) is 33.9 Å². The summed E-state index contributed by atoms with van der Waals surface area (Å²) in [5, 5.41) is 0. The van der Waals surface area contributed by atoms with Gasteiger partial charge in [0.2, 0.25) is 5.69 Å². The van der Waals surface area contributed by atoms with E-state index in [2.05, 4.69) is 168 Å². The van der Waals surface area contributed by atoms with Crippen molar-refractivity contribution in [2.24, 2.45) is 0 Å². The van der Waals surface area contributed by atoms with Crippen LogP contribution in [0.15, 0.2) is 96.8 Å². The first-order chi connectivity index (χ1) is 18.1. The number of nitrogens with zero attached hydrogens (tertiary/aromatic N) is 2. The molecule has 39 heavy (non-hydrogen) atoms. The van der Waals surface area contributed by atoms with Gasteiger partial charge in [-0.2, -0.15) is 4.58 Å². The monoisotopic (exact) mass is 553 g/mol. The zero-order chi connectivity index (χ0) is 28.6. The van der Waals surface area contributed by atoms with Crippen LogP contribution in [0.5, 0.6) is 0 Å². The van der Waals surface area contributed by atoms with E-state index in [0.29, 0.717) is 0 Å². The zero-order valence-corrected chi connectivity index (χ0v) is 28.0. The summed E-state index contributed by atoms with van der Waals surface area (Å²) in [5.41, 5.74) is 8.42. The van der Waals surface area contributed by atoms with Crippen molar-refractivity contribution in [3.8, 4) is 0 Å². The molecule has 0 amide bonds. The highest BCUT2D eigenvalue weighted by Gasteiger charge is 2.45. The van der Waals surface area contributed by atoms with Crippen LogP contribution >= 0.6 is 0 Å². The van der Waals surface area contributed by atoms with E-state index < -0.39 is 16.1 Å². The molecule has 0 aromatic heterocycles. The third-order valence-corrected chi connectivity index (χ3v) is 10.3. The van der Waals surface area contributed by atoms with Gasteiger partial charge in [0.05, 0.1) is 13.5 Å². The molecule has 4 heteroatoms. The van der Waals surface area contributed by atoms with Crippen LogP contribution in [0.25, 0.3) is 0 Å². The standard InChI is InChI=1S/C35H49N2Si2/c1-34(2)28-20-16-18-22-30(28)36(26-38(5,6)7)32(34)24-14-12-11-13-15-25-33-35(3,4)29-21-17-19-23-31(29)37(33)27-39(8,9)10/h11-25H,26-27H2,1-10H3/q+1. The molecule has 2 aromatic rings. The van der Waals surface area contributed by atoms with Crippen LogP contribution in [0.4, 0.5) is 11.4 Å². The van der Waals surface area contributed by atoms with Crippen molar-refractivity contribution in [3.63, 3.8) is 0 Å². The van der Waals surface area contributed by atoms with Gasteiger partial charge in [-0.3, -0.25) is 0 Å². The summed E-state index contributed by atoms with van der Waals surface area (Å²) in [6, 6.07) is 17.9. The van der Waals surface area contributed by atoms with Crippen LogP contribution in [0.2, 0.25) is 39.3 Å². The number of hydrogen-bond acceptors (Lipinski definition) is 1. The van der Waals surface area contributed by atoms with Crippen LogP contribution in [0.1, 0.15) is 38.8 Å². The molecule has 2 aliphatic heterocycles. The molecule has 2 aliphatic rings. The van der Waals surface area contributed by atoms with E-state index in [1.807, 2.05) is 0 Å². The quantitative estimate of drug-likeness (QED) is 0.179. The Labute approximate surface area is 240 Å². The Balaban J connectivity index is 1.56. The van der Waals surface area contributed by atoms with Crippen LogP contribution in [-0.4, -0.2) is 38.8 Å². The lowest BCUT2D eigenvalue weighted by Gasteiger charge is -2.31. The van der Waals surface area contributed by atoms with Gasteiger partial charge in [-0.05, 0) is 31.6 Å². The molecule has 0 atom stereocenters. The molecule has 206 valence electrons. The maximum Gasteiger partial charge on any atom is 0.209 e. The van der Waals surface area contributed by atoms with Gasteiger partial charge in [0.15, 0.2) is 5.71 Å². The highest BCUT2D eigenvalue weighted by molar-refractivity contribution is 6.77. The minimum absolute atomic E-state index is 0.00370. The fourth-order valence-corrected chi connectivity index (χ4v) is 8.64. The van der Waals surface area contributed by atoms with Gasteiger partial charge in [0.1, 0.15) is 14.2 Å². The smallest absolute Gasteiger partial charge is 0.209 e. The normalized spacial score (nSPS) is 19.7. The number of para-hydroxylation sites is 2. The molecule has 4 rings (SSSR count). The molecule has 0 aliphatic carbocycles. The molecule has 0 bridgehead atoms. The topological polar surface area (TPSA) is 6.25 Å². The predicted molar refractivity (Wildman–Crippen MR) is 178 cm³/mol. The van der Waals surface area contributed by atoms with Gasteiger partial charge < -0.3 is 4.90 Å². The van der Waals surface area contributed by atoms with E-state index in [-0.39, 0.29) is 10.8 Å². The second-order valence-corrected chi connectivity index (χ2v) is 25.5. The maximum atomic E-state index is 2.58. The largest absolute Gasteiger partial charge is 0.347 e. The number of allylic oxidation sites excluding steroid dienone is 8. The Morgan fingerprint density at radius 2 is 1.28 bits per heavy atom. The van der Waals surface area contributed by atoms with Gasteiger partial charge in [0.25, 0.3) is 0 Å². The number of benzene rings is 2. The first-order valence-corrected chi connectivity index (χ1v) is 21.9. The molecule has 0 spiro atoms. The van der Waals surface area contributed by atoms with E-state index in [1.54, 1.807) is 0 Å². The van der Waals surface area contributed by atoms with Crippen molar-refractivity contribution in [2.45, 2.75) is 77.8 Å². The van der Waals surface area contributed by atoms with Crippen LogP contribution in [0, 0.1) is 0 Å². The van der Waals surface area contributed by atoms with Crippen molar-refractivity contribution in [1.29, 1.82) is 0 Å². The summed E-state index contributed by atoms with van der Waals surface area (Å²) in [7, 11) is -2.59.